The summed E-state index contributed by atoms with van der Waals surface area (Å²) < 4.78 is 7.65. The van der Waals surface area contributed by atoms with Gasteiger partial charge in [-0.2, -0.15) is 0 Å². The number of hydrogen-bond acceptors (Lipinski definition) is 2. The molecule has 0 saturated heterocycles. The summed E-state index contributed by atoms with van der Waals surface area (Å²) >= 11 is 0. The Balaban J connectivity index is 2.81. The summed E-state index contributed by atoms with van der Waals surface area (Å²) in [5.74, 6) is -1.12. The van der Waals surface area contributed by atoms with Crippen molar-refractivity contribution in [2.75, 3.05) is 0 Å². The second-order valence-corrected chi connectivity index (χ2v) is 2.62. The fraction of sp³-hybridized carbons (Fsp3) is 0. The second-order valence-electron chi connectivity index (χ2n) is 2.62. The first kappa shape index (κ1) is 6.60. The molecule has 1 heterocycles. The number of rotatable bonds is 1. The van der Waals surface area contributed by atoms with E-state index in [0.717, 1.165) is 0 Å². The summed E-state index contributed by atoms with van der Waals surface area (Å²) in [5.41, 5.74) is 0.575. The van der Waals surface area contributed by atoms with Gasteiger partial charge in [-0.05, 0) is 12.1 Å². The highest BCUT2D eigenvalue weighted by Gasteiger charge is 2.03. The van der Waals surface area contributed by atoms with E-state index >= 15 is 0 Å². The number of carboxylic acid groups (broad SMARTS) is 1. The highest BCUT2D eigenvalue weighted by molar-refractivity contribution is 5.92. The Morgan fingerprint density at radius 3 is 3.00 bits per heavy atom. The van der Waals surface area contributed by atoms with Gasteiger partial charge < -0.3 is 5.11 Å². The lowest BCUT2D eigenvalue weighted by Gasteiger charge is -1.97. The number of aromatic carboxylic acids is 1. The van der Waals surface area contributed by atoms with Gasteiger partial charge >= 0.3 is 5.97 Å². The van der Waals surface area contributed by atoms with Crippen LogP contribution >= 0.6 is 0 Å². The lowest BCUT2D eigenvalue weighted by atomic mass is 10.2. The minimum atomic E-state index is -1.12. The van der Waals surface area contributed by atoms with Gasteiger partial charge in [0.1, 0.15) is 0 Å². The number of hydrogen-bond donors (Lipinski definition) is 1. The average molecular weight is 174 g/mol. The third-order valence-corrected chi connectivity index (χ3v) is 1.74. The van der Waals surface area contributed by atoms with E-state index in [0.29, 0.717) is 10.9 Å². The number of pyridine rings is 1. The first-order valence-corrected chi connectivity index (χ1v) is 3.78. The molecule has 0 bridgehead atoms. The van der Waals surface area contributed by atoms with Gasteiger partial charge in [-0.15, -0.1) is 0 Å². The number of benzene rings is 1. The zero-order chi connectivity index (χ0) is 10.1. The average Bonchev–Trinajstić information content (AvgIpc) is 2.18. The monoisotopic (exact) mass is 174 g/mol. The van der Waals surface area contributed by atoms with Gasteiger partial charge in [-0.1, -0.05) is 18.2 Å². The normalized spacial score (nSPS) is 11.2. The summed E-state index contributed by atoms with van der Waals surface area (Å²) in [5, 5.41) is 9.33. The number of para-hydroxylation sites is 1. The van der Waals surface area contributed by atoms with Gasteiger partial charge in [-0.3, -0.25) is 4.98 Å². The number of carboxylic acids is 1. The van der Waals surface area contributed by atoms with E-state index in [9.17, 15) is 4.79 Å². The highest BCUT2D eigenvalue weighted by Crippen LogP contribution is 2.12. The Morgan fingerprint density at radius 1 is 1.46 bits per heavy atom. The van der Waals surface area contributed by atoms with Crippen molar-refractivity contribution in [2.24, 2.45) is 0 Å². The van der Waals surface area contributed by atoms with Gasteiger partial charge in [0, 0.05) is 11.6 Å². The maximum absolute atomic E-state index is 10.7. The molecule has 0 fully saturated rings. The zero-order valence-corrected chi connectivity index (χ0v) is 6.69. The molecule has 2 aromatic rings. The summed E-state index contributed by atoms with van der Waals surface area (Å²) in [6.45, 7) is 0. The van der Waals surface area contributed by atoms with Crippen LogP contribution in [0.2, 0.25) is 0 Å². The molecule has 3 heteroatoms. The van der Waals surface area contributed by atoms with Crippen LogP contribution in [-0.4, -0.2) is 16.1 Å². The van der Waals surface area contributed by atoms with Crippen LogP contribution in [-0.2, 0) is 0 Å². The van der Waals surface area contributed by atoms with Crippen molar-refractivity contribution in [2.45, 2.75) is 0 Å². The fourth-order valence-corrected chi connectivity index (χ4v) is 1.11. The molecule has 1 aromatic carbocycles. The third-order valence-electron chi connectivity index (χ3n) is 1.74. The van der Waals surface area contributed by atoms with E-state index in [1.54, 1.807) is 24.3 Å². The molecule has 0 spiro atoms. The minimum absolute atomic E-state index is 0.0168. The van der Waals surface area contributed by atoms with Gasteiger partial charge in [0.15, 0.2) is 0 Å². The topological polar surface area (TPSA) is 50.2 Å². The maximum Gasteiger partial charge on any atom is 0.337 e. The van der Waals surface area contributed by atoms with Gasteiger partial charge in [0.25, 0.3) is 0 Å². The van der Waals surface area contributed by atoms with Crippen LogP contribution in [0.4, 0.5) is 0 Å². The Hall–Kier alpha value is -1.90. The van der Waals surface area contributed by atoms with Crippen molar-refractivity contribution in [1.29, 1.82) is 0 Å². The summed E-state index contributed by atoms with van der Waals surface area (Å²) in [6.07, 6.45) is 1.22. The van der Waals surface area contributed by atoms with Crippen LogP contribution in [0.5, 0.6) is 0 Å². The summed E-state index contributed by atoms with van der Waals surface area (Å²) in [4.78, 5) is 14.7. The smallest absolute Gasteiger partial charge is 0.337 e. The van der Waals surface area contributed by atoms with Gasteiger partial charge in [0.2, 0.25) is 0 Å². The first-order chi connectivity index (χ1) is 6.70. The maximum atomic E-state index is 10.7. The van der Waals surface area contributed by atoms with E-state index in [1.807, 2.05) is 0 Å². The standard InChI is InChI=1S/C10H7NO2/c12-10(13)8-5-7-3-1-2-4-9(7)11-6-8/h1-6H,(H,12,13)/i5D. The summed E-state index contributed by atoms with van der Waals surface area (Å²) in [7, 11) is 0. The molecule has 0 aliphatic heterocycles. The van der Waals surface area contributed by atoms with Crippen molar-refractivity contribution in [1.82, 2.24) is 4.98 Å². The molecule has 0 amide bonds. The van der Waals surface area contributed by atoms with Crippen molar-refractivity contribution < 1.29 is 11.3 Å². The Morgan fingerprint density at radius 2 is 2.23 bits per heavy atom. The molecule has 1 aromatic heterocycles. The highest BCUT2D eigenvalue weighted by atomic mass is 16.4. The minimum Gasteiger partial charge on any atom is -0.478 e. The molecule has 0 atom stereocenters. The predicted molar refractivity (Wildman–Crippen MR) is 48.7 cm³/mol. The van der Waals surface area contributed by atoms with Crippen molar-refractivity contribution in [3.05, 3.63) is 42.1 Å². The van der Waals surface area contributed by atoms with Gasteiger partial charge in [-0.25, -0.2) is 4.79 Å². The molecule has 13 heavy (non-hydrogen) atoms. The van der Waals surface area contributed by atoms with Crippen molar-refractivity contribution in [3.8, 4) is 0 Å². The molecule has 1 N–H and O–H groups in total. The van der Waals surface area contributed by atoms with Crippen LogP contribution in [0.15, 0.2) is 36.5 Å². The first-order valence-electron chi connectivity index (χ1n) is 4.28. The Labute approximate surface area is 76.1 Å². The Kier molecular flexibility index (Phi) is 1.45. The van der Waals surface area contributed by atoms with E-state index in [2.05, 4.69) is 4.98 Å². The number of carbonyl (C=O) groups is 1. The molecular formula is C10H7NO2. The fourth-order valence-electron chi connectivity index (χ4n) is 1.11. The largest absolute Gasteiger partial charge is 0.478 e. The van der Waals surface area contributed by atoms with Crippen LogP contribution < -0.4 is 0 Å². The number of aromatic nitrogens is 1. The van der Waals surface area contributed by atoms with Crippen LogP contribution in [0, 0.1) is 0 Å². The zero-order valence-electron chi connectivity index (χ0n) is 7.69. The third kappa shape index (κ3) is 1.36. The molecule has 0 saturated carbocycles. The van der Waals surface area contributed by atoms with E-state index in [-0.39, 0.29) is 11.6 Å². The predicted octanol–water partition coefficient (Wildman–Crippen LogP) is 1.93. The number of fused-ring (bicyclic) bond motifs is 1. The molecule has 0 aliphatic rings. The van der Waals surface area contributed by atoms with Crippen LogP contribution in [0.1, 0.15) is 11.7 Å². The molecular weight excluding hydrogens is 166 g/mol. The lowest BCUT2D eigenvalue weighted by molar-refractivity contribution is 0.0696. The molecule has 3 nitrogen and oxygen atoms in total. The summed E-state index contributed by atoms with van der Waals surface area (Å²) in [6, 6.07) is 7.02. The van der Waals surface area contributed by atoms with Gasteiger partial charge in [0.05, 0.1) is 12.5 Å². The SMILES string of the molecule is [2H]c1c(C(=O)O)cnc2ccccc12. The Bertz CT molecular complexity index is 510. The van der Waals surface area contributed by atoms with Crippen LogP contribution in [0.25, 0.3) is 10.9 Å². The van der Waals surface area contributed by atoms with E-state index in [1.165, 1.54) is 6.20 Å². The molecule has 64 valence electrons. The second kappa shape index (κ2) is 2.86. The van der Waals surface area contributed by atoms with Crippen molar-refractivity contribution in [3.63, 3.8) is 0 Å². The molecule has 0 radical (unpaired) electrons. The van der Waals surface area contributed by atoms with Crippen molar-refractivity contribution >= 4 is 16.9 Å². The molecule has 0 aliphatic carbocycles. The van der Waals surface area contributed by atoms with E-state index in [4.69, 9.17) is 6.48 Å². The molecule has 0 unspecified atom stereocenters. The molecule has 2 rings (SSSR count). The lowest BCUT2D eigenvalue weighted by Crippen LogP contribution is -1.96. The van der Waals surface area contributed by atoms with Crippen LogP contribution in [0.3, 0.4) is 0 Å². The number of nitrogens with zero attached hydrogens (tertiary/aromatic N) is 1. The van der Waals surface area contributed by atoms with E-state index < -0.39 is 5.97 Å². The quantitative estimate of drug-likeness (QED) is 0.718.